The highest BCUT2D eigenvalue weighted by Crippen LogP contribution is 2.31. The Morgan fingerprint density at radius 1 is 1.19 bits per heavy atom. The normalized spacial score (nSPS) is 16.2. The van der Waals surface area contributed by atoms with E-state index in [9.17, 15) is 0 Å². The number of guanidine groups is 1. The molecule has 27 heavy (non-hydrogen) atoms. The van der Waals surface area contributed by atoms with Gasteiger partial charge in [0.2, 0.25) is 0 Å². The monoisotopic (exact) mass is 368 g/mol. The van der Waals surface area contributed by atoms with Crippen LogP contribution in [0.25, 0.3) is 0 Å². The lowest BCUT2D eigenvalue weighted by Crippen LogP contribution is -2.40. The van der Waals surface area contributed by atoms with Crippen LogP contribution in [0.4, 0.5) is 5.69 Å². The minimum Gasteiger partial charge on any atom is -0.493 e. The molecule has 1 aliphatic heterocycles. The highest BCUT2D eigenvalue weighted by atomic mass is 16.5. The van der Waals surface area contributed by atoms with Gasteiger partial charge in [-0.25, -0.2) is 4.99 Å². The Labute approximate surface area is 161 Å². The van der Waals surface area contributed by atoms with Gasteiger partial charge in [0.1, 0.15) is 0 Å². The molecule has 0 saturated heterocycles. The smallest absolute Gasteiger partial charge is 0.188 e. The number of rotatable bonds is 7. The summed E-state index contributed by atoms with van der Waals surface area (Å²) < 4.78 is 10.6. The summed E-state index contributed by atoms with van der Waals surface area (Å²) in [5.74, 6) is 1.85. The third-order valence-electron chi connectivity index (χ3n) is 4.89. The number of nitrogens with two attached hydrogens (primary N) is 1. The zero-order valence-corrected chi connectivity index (χ0v) is 16.2. The molecule has 0 radical (unpaired) electrons. The number of anilines is 1. The lowest BCUT2D eigenvalue weighted by Gasteiger charge is -2.25. The van der Waals surface area contributed by atoms with Gasteiger partial charge in [0.25, 0.3) is 0 Å². The van der Waals surface area contributed by atoms with Gasteiger partial charge in [0.05, 0.1) is 20.8 Å². The van der Waals surface area contributed by atoms with Crippen molar-refractivity contribution in [2.75, 3.05) is 32.2 Å². The van der Waals surface area contributed by atoms with E-state index in [4.69, 9.17) is 15.2 Å². The molecule has 6 heteroatoms. The summed E-state index contributed by atoms with van der Waals surface area (Å²) in [4.78, 5) is 6.84. The van der Waals surface area contributed by atoms with Gasteiger partial charge in [-0.2, -0.15) is 0 Å². The van der Waals surface area contributed by atoms with Crippen LogP contribution < -0.4 is 25.4 Å². The van der Waals surface area contributed by atoms with E-state index >= 15 is 0 Å². The second-order valence-electron chi connectivity index (χ2n) is 6.69. The first-order valence-electron chi connectivity index (χ1n) is 9.21. The molecule has 1 unspecified atom stereocenters. The molecule has 1 aliphatic rings. The number of aliphatic imine (C=N–C) groups is 1. The van der Waals surface area contributed by atoms with Crippen molar-refractivity contribution in [1.82, 2.24) is 5.32 Å². The Bertz CT molecular complexity index is 807. The minimum absolute atomic E-state index is 0.449. The second kappa shape index (κ2) is 8.66. The summed E-state index contributed by atoms with van der Waals surface area (Å²) in [6, 6.07) is 14.8. The predicted octanol–water partition coefficient (Wildman–Crippen LogP) is 2.56. The van der Waals surface area contributed by atoms with Crippen molar-refractivity contribution in [1.29, 1.82) is 0 Å². The fourth-order valence-corrected chi connectivity index (χ4v) is 3.49. The zero-order valence-electron chi connectivity index (χ0n) is 16.2. The molecule has 0 aliphatic carbocycles. The maximum atomic E-state index is 6.03. The summed E-state index contributed by atoms with van der Waals surface area (Å²) in [5.41, 5.74) is 9.78. The molecule has 144 valence electrons. The standard InChI is InChI=1S/C21H28N4O2/c1-15-12-17-6-4-5-7-18(17)25(15)11-10-23-21(22)24-14-16-8-9-19(26-2)20(13-16)27-3/h4-9,13,15H,10-12,14H2,1-3H3,(H3,22,23,24). The fraction of sp³-hybridized carbons (Fsp3) is 0.381. The van der Waals surface area contributed by atoms with Gasteiger partial charge in [-0.05, 0) is 42.7 Å². The quantitative estimate of drug-likeness (QED) is 0.580. The first-order chi connectivity index (χ1) is 13.1. The average molecular weight is 368 g/mol. The Balaban J connectivity index is 1.52. The van der Waals surface area contributed by atoms with Crippen LogP contribution in [-0.4, -0.2) is 39.3 Å². The Morgan fingerprint density at radius 3 is 2.74 bits per heavy atom. The molecule has 3 rings (SSSR count). The van der Waals surface area contributed by atoms with Gasteiger partial charge in [-0.3, -0.25) is 0 Å². The van der Waals surface area contributed by atoms with Gasteiger partial charge in [0.15, 0.2) is 17.5 Å². The van der Waals surface area contributed by atoms with Crippen molar-refractivity contribution >= 4 is 11.6 Å². The maximum absolute atomic E-state index is 6.03. The van der Waals surface area contributed by atoms with Crippen LogP contribution in [0.15, 0.2) is 47.5 Å². The van der Waals surface area contributed by atoms with Crippen molar-refractivity contribution in [3.63, 3.8) is 0 Å². The van der Waals surface area contributed by atoms with Crippen molar-refractivity contribution in [2.24, 2.45) is 10.7 Å². The van der Waals surface area contributed by atoms with Crippen LogP contribution in [-0.2, 0) is 13.0 Å². The Hall–Kier alpha value is -2.89. The molecule has 0 spiro atoms. The zero-order chi connectivity index (χ0) is 19.2. The molecule has 1 heterocycles. The third kappa shape index (κ3) is 4.45. The van der Waals surface area contributed by atoms with Gasteiger partial charge >= 0.3 is 0 Å². The number of nitrogens with zero attached hydrogens (tertiary/aromatic N) is 2. The second-order valence-corrected chi connectivity index (χ2v) is 6.69. The number of hydrogen-bond acceptors (Lipinski definition) is 4. The number of ether oxygens (including phenoxy) is 2. The van der Waals surface area contributed by atoms with Crippen molar-refractivity contribution in [2.45, 2.75) is 25.9 Å². The summed E-state index contributed by atoms with van der Waals surface area (Å²) in [6.45, 7) is 4.39. The summed E-state index contributed by atoms with van der Waals surface area (Å²) in [7, 11) is 3.25. The molecule has 2 aromatic rings. The van der Waals surface area contributed by atoms with E-state index in [1.165, 1.54) is 11.3 Å². The molecule has 0 fully saturated rings. The van der Waals surface area contributed by atoms with Crippen LogP contribution in [0.1, 0.15) is 18.1 Å². The summed E-state index contributed by atoms with van der Waals surface area (Å²) >= 11 is 0. The molecule has 6 nitrogen and oxygen atoms in total. The maximum Gasteiger partial charge on any atom is 0.188 e. The summed E-state index contributed by atoms with van der Waals surface area (Å²) in [6.07, 6.45) is 1.10. The van der Waals surface area contributed by atoms with Crippen molar-refractivity contribution in [3.8, 4) is 11.5 Å². The van der Waals surface area contributed by atoms with Gasteiger partial charge in [-0.1, -0.05) is 24.3 Å². The topological polar surface area (TPSA) is 72.1 Å². The van der Waals surface area contributed by atoms with E-state index < -0.39 is 0 Å². The van der Waals surface area contributed by atoms with Crippen molar-refractivity contribution in [3.05, 3.63) is 53.6 Å². The van der Waals surface area contributed by atoms with E-state index in [0.29, 0.717) is 30.0 Å². The first kappa shape index (κ1) is 18.9. The van der Waals surface area contributed by atoms with Crippen LogP contribution in [0.5, 0.6) is 11.5 Å². The molecule has 0 amide bonds. The Kier molecular flexibility index (Phi) is 6.06. The lowest BCUT2D eigenvalue weighted by atomic mass is 10.1. The van der Waals surface area contributed by atoms with E-state index in [2.05, 4.69) is 46.4 Å². The van der Waals surface area contributed by atoms with Gasteiger partial charge in [-0.15, -0.1) is 0 Å². The third-order valence-corrected chi connectivity index (χ3v) is 4.89. The first-order valence-corrected chi connectivity index (χ1v) is 9.21. The Morgan fingerprint density at radius 2 is 1.96 bits per heavy atom. The van der Waals surface area contributed by atoms with Crippen LogP contribution >= 0.6 is 0 Å². The highest BCUT2D eigenvalue weighted by Gasteiger charge is 2.24. The number of nitrogens with one attached hydrogen (secondary N) is 1. The number of methoxy groups -OCH3 is 2. The molecule has 0 aromatic heterocycles. The molecule has 0 saturated carbocycles. The predicted molar refractivity (Wildman–Crippen MR) is 110 cm³/mol. The van der Waals surface area contributed by atoms with E-state index in [1.54, 1.807) is 14.2 Å². The van der Waals surface area contributed by atoms with Crippen molar-refractivity contribution < 1.29 is 9.47 Å². The van der Waals surface area contributed by atoms with Gasteiger partial charge < -0.3 is 25.4 Å². The minimum atomic E-state index is 0.449. The number of fused-ring (bicyclic) bond motifs is 1. The summed E-state index contributed by atoms with van der Waals surface area (Å²) in [5, 5.41) is 3.21. The molecular formula is C21H28N4O2. The van der Waals surface area contributed by atoms with Crippen LogP contribution in [0.3, 0.4) is 0 Å². The molecule has 1 atom stereocenters. The lowest BCUT2D eigenvalue weighted by molar-refractivity contribution is 0.354. The largest absolute Gasteiger partial charge is 0.493 e. The average Bonchev–Trinajstić information content (AvgIpc) is 3.01. The fourth-order valence-electron chi connectivity index (χ4n) is 3.49. The molecule has 0 bridgehead atoms. The number of benzene rings is 2. The van der Waals surface area contributed by atoms with E-state index in [1.807, 2.05) is 18.2 Å². The molecule has 3 N–H and O–H groups in total. The molecule has 2 aromatic carbocycles. The SMILES string of the molecule is COc1ccc(CN=C(N)NCCN2c3ccccc3CC2C)cc1OC. The van der Waals surface area contributed by atoms with Gasteiger partial charge in [0, 0.05) is 24.8 Å². The van der Waals surface area contributed by atoms with E-state index in [-0.39, 0.29) is 0 Å². The number of hydrogen-bond donors (Lipinski definition) is 2. The highest BCUT2D eigenvalue weighted by molar-refractivity contribution is 5.77. The van der Waals surface area contributed by atoms with E-state index in [0.717, 1.165) is 25.1 Å². The van der Waals surface area contributed by atoms with Crippen LogP contribution in [0.2, 0.25) is 0 Å². The van der Waals surface area contributed by atoms with Crippen LogP contribution in [0, 0.1) is 0 Å². The number of para-hydroxylation sites is 1. The molecular weight excluding hydrogens is 340 g/mol.